The van der Waals surface area contributed by atoms with E-state index in [4.69, 9.17) is 5.73 Å². The molecule has 0 bridgehead atoms. The highest BCUT2D eigenvalue weighted by Crippen LogP contribution is 2.26. The smallest absolute Gasteiger partial charge is 0.349 e. The SMILES string of the molecule is Nc1ccn(C2CCCCC2)c(=O)n1. The van der Waals surface area contributed by atoms with Gasteiger partial charge in [0.2, 0.25) is 0 Å². The second-order valence-corrected chi connectivity index (χ2v) is 3.83. The summed E-state index contributed by atoms with van der Waals surface area (Å²) in [5.41, 5.74) is 5.22. The maximum atomic E-state index is 11.5. The Morgan fingerprint density at radius 2 is 2.07 bits per heavy atom. The Labute approximate surface area is 82.8 Å². The highest BCUT2D eigenvalue weighted by atomic mass is 16.1. The van der Waals surface area contributed by atoms with Crippen LogP contribution in [0.25, 0.3) is 0 Å². The fourth-order valence-corrected chi connectivity index (χ4v) is 2.06. The van der Waals surface area contributed by atoms with E-state index in [1.807, 2.05) is 0 Å². The molecule has 2 N–H and O–H groups in total. The van der Waals surface area contributed by atoms with Crippen LogP contribution < -0.4 is 11.4 Å². The van der Waals surface area contributed by atoms with E-state index in [2.05, 4.69) is 4.98 Å². The molecule has 1 aliphatic carbocycles. The molecule has 0 radical (unpaired) electrons. The Morgan fingerprint density at radius 3 is 2.71 bits per heavy atom. The Hall–Kier alpha value is -1.32. The minimum absolute atomic E-state index is 0.211. The number of nitrogens with two attached hydrogens (primary N) is 1. The molecule has 1 aromatic heterocycles. The van der Waals surface area contributed by atoms with Gasteiger partial charge in [-0.25, -0.2) is 4.79 Å². The van der Waals surface area contributed by atoms with E-state index in [9.17, 15) is 4.79 Å². The van der Waals surface area contributed by atoms with E-state index in [1.165, 1.54) is 19.3 Å². The van der Waals surface area contributed by atoms with Crippen LogP contribution in [-0.2, 0) is 0 Å². The normalized spacial score (nSPS) is 18.3. The van der Waals surface area contributed by atoms with E-state index in [1.54, 1.807) is 16.8 Å². The number of anilines is 1. The fraction of sp³-hybridized carbons (Fsp3) is 0.600. The van der Waals surface area contributed by atoms with Crippen LogP contribution in [0.3, 0.4) is 0 Å². The lowest BCUT2D eigenvalue weighted by Crippen LogP contribution is -2.28. The zero-order valence-corrected chi connectivity index (χ0v) is 8.15. The molecule has 4 heteroatoms. The third-order valence-corrected chi connectivity index (χ3v) is 2.82. The van der Waals surface area contributed by atoms with Crippen molar-refractivity contribution < 1.29 is 0 Å². The number of nitrogen functional groups attached to an aromatic ring is 1. The third kappa shape index (κ3) is 1.78. The first-order valence-electron chi connectivity index (χ1n) is 5.12. The van der Waals surface area contributed by atoms with Gasteiger partial charge in [0.25, 0.3) is 0 Å². The molecule has 1 aromatic rings. The summed E-state index contributed by atoms with van der Waals surface area (Å²) in [5.74, 6) is 0.307. The first-order chi connectivity index (χ1) is 6.77. The number of rotatable bonds is 1. The summed E-state index contributed by atoms with van der Waals surface area (Å²) in [6, 6.07) is 2.03. The highest BCUT2D eigenvalue weighted by molar-refractivity contribution is 5.23. The molecule has 0 aromatic carbocycles. The van der Waals surface area contributed by atoms with E-state index in [0.717, 1.165) is 12.8 Å². The van der Waals surface area contributed by atoms with Gasteiger partial charge in [0.1, 0.15) is 5.82 Å². The Kier molecular flexibility index (Phi) is 2.52. The van der Waals surface area contributed by atoms with Crippen molar-refractivity contribution in [3.63, 3.8) is 0 Å². The molecule has 1 heterocycles. The van der Waals surface area contributed by atoms with Crippen molar-refractivity contribution in [1.29, 1.82) is 0 Å². The molecule has 0 aliphatic heterocycles. The van der Waals surface area contributed by atoms with Crippen LogP contribution in [-0.4, -0.2) is 9.55 Å². The lowest BCUT2D eigenvalue weighted by atomic mass is 9.95. The van der Waals surface area contributed by atoms with Gasteiger partial charge in [-0.3, -0.25) is 4.57 Å². The Balaban J connectivity index is 2.26. The van der Waals surface area contributed by atoms with Crippen molar-refractivity contribution in [2.75, 3.05) is 5.73 Å². The van der Waals surface area contributed by atoms with Crippen LogP contribution >= 0.6 is 0 Å². The van der Waals surface area contributed by atoms with Gasteiger partial charge in [0.15, 0.2) is 0 Å². The molecule has 0 saturated heterocycles. The standard InChI is InChI=1S/C10H15N3O/c11-9-6-7-13(10(14)12-9)8-4-2-1-3-5-8/h6-8H,1-5H2,(H2,11,12,14). The van der Waals surface area contributed by atoms with E-state index in [0.29, 0.717) is 11.9 Å². The van der Waals surface area contributed by atoms with Gasteiger partial charge in [-0.2, -0.15) is 4.98 Å². The molecular weight excluding hydrogens is 178 g/mol. The van der Waals surface area contributed by atoms with Gasteiger partial charge >= 0.3 is 5.69 Å². The Morgan fingerprint density at radius 1 is 1.36 bits per heavy atom. The second kappa shape index (κ2) is 3.82. The first kappa shape index (κ1) is 9.24. The minimum Gasteiger partial charge on any atom is -0.383 e. The summed E-state index contributed by atoms with van der Waals surface area (Å²) in [7, 11) is 0. The van der Waals surface area contributed by atoms with Crippen LogP contribution in [0.4, 0.5) is 5.82 Å². The van der Waals surface area contributed by atoms with Crippen LogP contribution in [0.5, 0.6) is 0 Å². The molecule has 1 saturated carbocycles. The van der Waals surface area contributed by atoms with Crippen molar-refractivity contribution in [2.24, 2.45) is 0 Å². The van der Waals surface area contributed by atoms with Crippen LogP contribution in [0.15, 0.2) is 17.1 Å². The molecule has 2 rings (SSSR count). The number of hydrogen-bond donors (Lipinski definition) is 1. The maximum Gasteiger partial charge on any atom is 0.349 e. The van der Waals surface area contributed by atoms with Crippen molar-refractivity contribution in [1.82, 2.24) is 9.55 Å². The summed E-state index contributed by atoms with van der Waals surface area (Å²) < 4.78 is 1.72. The molecule has 1 fully saturated rings. The predicted octanol–water partition coefficient (Wildman–Crippen LogP) is 1.33. The molecule has 0 unspecified atom stereocenters. The summed E-state index contributed by atoms with van der Waals surface area (Å²) in [6.45, 7) is 0. The van der Waals surface area contributed by atoms with E-state index < -0.39 is 0 Å². The van der Waals surface area contributed by atoms with Gasteiger partial charge in [0.05, 0.1) is 0 Å². The van der Waals surface area contributed by atoms with Crippen molar-refractivity contribution in [2.45, 2.75) is 38.1 Å². The van der Waals surface area contributed by atoms with Crippen LogP contribution in [0.2, 0.25) is 0 Å². The average Bonchev–Trinajstić information content (AvgIpc) is 2.19. The van der Waals surface area contributed by atoms with Gasteiger partial charge in [-0.1, -0.05) is 19.3 Å². The summed E-state index contributed by atoms with van der Waals surface area (Å²) in [4.78, 5) is 15.2. The van der Waals surface area contributed by atoms with Crippen LogP contribution in [0, 0.1) is 0 Å². The lowest BCUT2D eigenvalue weighted by Gasteiger charge is -2.23. The van der Waals surface area contributed by atoms with Gasteiger partial charge < -0.3 is 5.73 Å². The molecule has 0 amide bonds. The zero-order valence-electron chi connectivity index (χ0n) is 8.15. The van der Waals surface area contributed by atoms with E-state index >= 15 is 0 Å². The molecule has 1 aliphatic rings. The number of hydrogen-bond acceptors (Lipinski definition) is 3. The van der Waals surface area contributed by atoms with Gasteiger partial charge in [0, 0.05) is 12.2 Å². The average molecular weight is 193 g/mol. The summed E-state index contributed by atoms with van der Waals surface area (Å²) >= 11 is 0. The summed E-state index contributed by atoms with van der Waals surface area (Å²) in [5, 5.41) is 0. The van der Waals surface area contributed by atoms with E-state index in [-0.39, 0.29) is 5.69 Å². The topological polar surface area (TPSA) is 60.9 Å². The van der Waals surface area contributed by atoms with Crippen molar-refractivity contribution in [3.05, 3.63) is 22.7 Å². The quantitative estimate of drug-likeness (QED) is 0.732. The predicted molar refractivity (Wildman–Crippen MR) is 55.0 cm³/mol. The molecule has 0 spiro atoms. The largest absolute Gasteiger partial charge is 0.383 e. The maximum absolute atomic E-state index is 11.5. The monoisotopic (exact) mass is 193 g/mol. The molecule has 4 nitrogen and oxygen atoms in total. The fourth-order valence-electron chi connectivity index (χ4n) is 2.06. The van der Waals surface area contributed by atoms with Crippen molar-refractivity contribution in [3.8, 4) is 0 Å². The molecule has 76 valence electrons. The lowest BCUT2D eigenvalue weighted by molar-refractivity contribution is 0.343. The van der Waals surface area contributed by atoms with Gasteiger partial charge in [-0.05, 0) is 18.9 Å². The van der Waals surface area contributed by atoms with Crippen molar-refractivity contribution >= 4 is 5.82 Å². The number of aromatic nitrogens is 2. The molecule has 0 atom stereocenters. The van der Waals surface area contributed by atoms with Crippen LogP contribution in [0.1, 0.15) is 38.1 Å². The Bertz CT molecular complexity index is 366. The molecular formula is C10H15N3O. The zero-order chi connectivity index (χ0) is 9.97. The molecule has 14 heavy (non-hydrogen) atoms. The second-order valence-electron chi connectivity index (χ2n) is 3.83. The highest BCUT2D eigenvalue weighted by Gasteiger charge is 2.16. The summed E-state index contributed by atoms with van der Waals surface area (Å²) in [6.07, 6.45) is 7.65. The number of nitrogens with zero attached hydrogens (tertiary/aromatic N) is 2. The minimum atomic E-state index is -0.211. The third-order valence-electron chi connectivity index (χ3n) is 2.82. The first-order valence-corrected chi connectivity index (χ1v) is 5.12. The van der Waals surface area contributed by atoms with Gasteiger partial charge in [-0.15, -0.1) is 0 Å².